The highest BCUT2D eigenvalue weighted by molar-refractivity contribution is 14.1. The molecule has 0 radical (unpaired) electrons. The monoisotopic (exact) mass is 295 g/mol. The molecule has 1 atom stereocenters. The van der Waals surface area contributed by atoms with Crippen LogP contribution in [0.4, 0.5) is 0 Å². The van der Waals surface area contributed by atoms with Crippen molar-refractivity contribution in [2.45, 2.75) is 12.6 Å². The summed E-state index contributed by atoms with van der Waals surface area (Å²) < 4.78 is 7.11. The van der Waals surface area contributed by atoms with Crippen LogP contribution in [0.2, 0.25) is 0 Å². The highest BCUT2D eigenvalue weighted by Crippen LogP contribution is 2.01. The van der Waals surface area contributed by atoms with Gasteiger partial charge in [0, 0.05) is 6.20 Å². The molecule has 2 N–H and O–H groups in total. The number of nitrogens with zero attached hydrogens (tertiary/aromatic N) is 2. The summed E-state index contributed by atoms with van der Waals surface area (Å²) in [5.41, 5.74) is 5.53. The summed E-state index contributed by atoms with van der Waals surface area (Å²) in [5.74, 6) is -0.425. The zero-order valence-corrected chi connectivity index (χ0v) is 9.26. The maximum atomic E-state index is 10.9. The van der Waals surface area contributed by atoms with Crippen molar-refractivity contribution in [1.29, 1.82) is 0 Å². The van der Waals surface area contributed by atoms with Gasteiger partial charge in [0.15, 0.2) is 0 Å². The Hall–Kier alpha value is -0.630. The van der Waals surface area contributed by atoms with Gasteiger partial charge in [-0.1, -0.05) is 0 Å². The van der Waals surface area contributed by atoms with Crippen molar-refractivity contribution in [2.75, 3.05) is 7.11 Å². The van der Waals surface area contributed by atoms with E-state index in [0.717, 1.165) is 3.57 Å². The SMILES string of the molecule is COC(=O)C(N)Cn1cc(I)cn1. The molecule has 0 spiro atoms. The highest BCUT2D eigenvalue weighted by atomic mass is 127. The van der Waals surface area contributed by atoms with Crippen LogP contribution >= 0.6 is 22.6 Å². The van der Waals surface area contributed by atoms with E-state index >= 15 is 0 Å². The molecule has 1 aromatic rings. The van der Waals surface area contributed by atoms with Crippen molar-refractivity contribution in [2.24, 2.45) is 5.73 Å². The Morgan fingerprint density at radius 3 is 3.08 bits per heavy atom. The van der Waals surface area contributed by atoms with E-state index in [0.29, 0.717) is 6.54 Å². The van der Waals surface area contributed by atoms with Gasteiger partial charge in [0.2, 0.25) is 0 Å². The largest absolute Gasteiger partial charge is 0.468 e. The molecule has 1 rings (SSSR count). The summed E-state index contributed by atoms with van der Waals surface area (Å²) in [5, 5.41) is 3.99. The summed E-state index contributed by atoms with van der Waals surface area (Å²) in [4.78, 5) is 10.9. The standard InChI is InChI=1S/C7H10IN3O2/c1-13-7(12)6(9)4-11-3-5(8)2-10-11/h2-3,6H,4,9H2,1H3. The zero-order chi connectivity index (χ0) is 9.84. The van der Waals surface area contributed by atoms with Gasteiger partial charge in [-0.05, 0) is 22.6 Å². The van der Waals surface area contributed by atoms with E-state index < -0.39 is 12.0 Å². The lowest BCUT2D eigenvalue weighted by Gasteiger charge is -2.08. The van der Waals surface area contributed by atoms with Crippen LogP contribution in [0.1, 0.15) is 0 Å². The molecule has 1 unspecified atom stereocenters. The third-order valence-electron chi connectivity index (χ3n) is 1.49. The predicted molar refractivity (Wildman–Crippen MR) is 54.9 cm³/mol. The second-order valence-electron chi connectivity index (χ2n) is 2.51. The van der Waals surface area contributed by atoms with Crippen LogP contribution in [0.5, 0.6) is 0 Å². The maximum Gasteiger partial charge on any atom is 0.324 e. The van der Waals surface area contributed by atoms with Gasteiger partial charge in [0.25, 0.3) is 0 Å². The van der Waals surface area contributed by atoms with Crippen LogP contribution in [-0.2, 0) is 16.1 Å². The molecule has 0 aliphatic heterocycles. The molecule has 1 heterocycles. The van der Waals surface area contributed by atoms with Crippen LogP contribution in [0.25, 0.3) is 0 Å². The predicted octanol–water partition coefficient (Wildman–Crippen LogP) is -0.0120. The summed E-state index contributed by atoms with van der Waals surface area (Å²) in [6.45, 7) is 0.343. The summed E-state index contributed by atoms with van der Waals surface area (Å²) in [6, 6.07) is -0.652. The first-order valence-electron chi connectivity index (χ1n) is 3.65. The van der Waals surface area contributed by atoms with Crippen molar-refractivity contribution < 1.29 is 9.53 Å². The van der Waals surface area contributed by atoms with E-state index in [4.69, 9.17) is 5.73 Å². The number of methoxy groups -OCH3 is 1. The van der Waals surface area contributed by atoms with E-state index in [1.807, 2.05) is 6.20 Å². The Labute approximate surface area is 89.4 Å². The van der Waals surface area contributed by atoms with E-state index in [-0.39, 0.29) is 0 Å². The molecule has 6 heteroatoms. The minimum atomic E-state index is -0.652. The molecular weight excluding hydrogens is 285 g/mol. The number of halogens is 1. The number of carbonyl (C=O) groups excluding carboxylic acids is 1. The lowest BCUT2D eigenvalue weighted by Crippen LogP contribution is -2.35. The number of hydrogen-bond donors (Lipinski definition) is 1. The number of hydrogen-bond acceptors (Lipinski definition) is 4. The number of rotatable bonds is 3. The average Bonchev–Trinajstić information content (AvgIpc) is 2.49. The van der Waals surface area contributed by atoms with Crippen LogP contribution in [0.15, 0.2) is 12.4 Å². The van der Waals surface area contributed by atoms with Crippen LogP contribution in [0, 0.1) is 3.57 Å². The fourth-order valence-electron chi connectivity index (χ4n) is 0.866. The molecule has 5 nitrogen and oxygen atoms in total. The number of carbonyl (C=O) groups is 1. The zero-order valence-electron chi connectivity index (χ0n) is 7.11. The van der Waals surface area contributed by atoms with Crippen molar-refractivity contribution in [3.05, 3.63) is 16.0 Å². The maximum absolute atomic E-state index is 10.9. The molecule has 72 valence electrons. The van der Waals surface area contributed by atoms with E-state index in [9.17, 15) is 4.79 Å². The van der Waals surface area contributed by atoms with Crippen molar-refractivity contribution in [3.63, 3.8) is 0 Å². The summed E-state index contributed by atoms with van der Waals surface area (Å²) >= 11 is 2.13. The molecular formula is C7H10IN3O2. The lowest BCUT2D eigenvalue weighted by atomic mass is 10.3. The Balaban J connectivity index is 2.54. The van der Waals surface area contributed by atoms with E-state index in [1.165, 1.54) is 7.11 Å². The lowest BCUT2D eigenvalue weighted by molar-refractivity contribution is -0.142. The van der Waals surface area contributed by atoms with E-state index in [1.54, 1.807) is 10.9 Å². The van der Waals surface area contributed by atoms with Gasteiger partial charge in [-0.3, -0.25) is 9.48 Å². The minimum Gasteiger partial charge on any atom is -0.468 e. The molecule has 0 amide bonds. The molecule has 0 saturated carbocycles. The first kappa shape index (κ1) is 10.5. The molecule has 0 saturated heterocycles. The number of aromatic nitrogens is 2. The summed E-state index contributed by atoms with van der Waals surface area (Å²) in [7, 11) is 1.31. The fourth-order valence-corrected chi connectivity index (χ4v) is 1.31. The van der Waals surface area contributed by atoms with Gasteiger partial charge in [-0.25, -0.2) is 0 Å². The van der Waals surface area contributed by atoms with Crippen molar-refractivity contribution >= 4 is 28.6 Å². The number of nitrogens with two attached hydrogens (primary N) is 1. The molecule has 0 bridgehead atoms. The van der Waals surface area contributed by atoms with Crippen molar-refractivity contribution in [1.82, 2.24) is 9.78 Å². The number of ether oxygens (including phenoxy) is 1. The Morgan fingerprint density at radius 1 is 1.92 bits per heavy atom. The Kier molecular flexibility index (Phi) is 3.67. The molecule has 0 fully saturated rings. The highest BCUT2D eigenvalue weighted by Gasteiger charge is 2.14. The third kappa shape index (κ3) is 2.96. The molecule has 0 aliphatic carbocycles. The minimum absolute atomic E-state index is 0.343. The molecule has 1 aromatic heterocycles. The molecule has 0 aliphatic rings. The van der Waals surface area contributed by atoms with Gasteiger partial charge in [-0.2, -0.15) is 5.10 Å². The van der Waals surface area contributed by atoms with Gasteiger partial charge >= 0.3 is 5.97 Å². The normalized spacial score (nSPS) is 12.5. The first-order chi connectivity index (χ1) is 6.13. The summed E-state index contributed by atoms with van der Waals surface area (Å²) in [6.07, 6.45) is 3.51. The van der Waals surface area contributed by atoms with Gasteiger partial charge < -0.3 is 10.5 Å². The fraction of sp³-hybridized carbons (Fsp3) is 0.429. The second kappa shape index (κ2) is 4.56. The Morgan fingerprint density at radius 2 is 2.62 bits per heavy atom. The van der Waals surface area contributed by atoms with Crippen molar-refractivity contribution in [3.8, 4) is 0 Å². The van der Waals surface area contributed by atoms with Crippen LogP contribution in [-0.4, -0.2) is 28.9 Å². The molecule has 13 heavy (non-hydrogen) atoms. The first-order valence-corrected chi connectivity index (χ1v) is 4.72. The average molecular weight is 295 g/mol. The van der Waals surface area contributed by atoms with E-state index in [2.05, 4.69) is 32.4 Å². The smallest absolute Gasteiger partial charge is 0.324 e. The Bertz CT molecular complexity index is 300. The number of esters is 1. The quantitative estimate of drug-likeness (QED) is 0.629. The van der Waals surface area contributed by atoms with Gasteiger partial charge in [0.05, 0.1) is 23.4 Å². The van der Waals surface area contributed by atoms with Gasteiger partial charge in [0.1, 0.15) is 6.04 Å². The van der Waals surface area contributed by atoms with Gasteiger partial charge in [-0.15, -0.1) is 0 Å². The third-order valence-corrected chi connectivity index (χ3v) is 2.05. The van der Waals surface area contributed by atoms with Crippen LogP contribution < -0.4 is 5.73 Å². The second-order valence-corrected chi connectivity index (χ2v) is 3.76. The molecule has 0 aromatic carbocycles. The van der Waals surface area contributed by atoms with Crippen LogP contribution in [0.3, 0.4) is 0 Å². The topological polar surface area (TPSA) is 70.1 Å².